The Kier molecular flexibility index (Phi) is 17.5. The van der Waals surface area contributed by atoms with Crippen molar-refractivity contribution in [2.24, 2.45) is 0 Å². The Morgan fingerprint density at radius 3 is 1.81 bits per heavy atom. The molecule has 0 aliphatic rings. The number of aliphatic hydroxyl groups is 1. The van der Waals surface area contributed by atoms with E-state index in [1.54, 1.807) is 13.8 Å². The number of benzene rings is 1. The molecule has 0 unspecified atom stereocenters. The molecule has 1 N–H and O–H groups in total. The van der Waals surface area contributed by atoms with Gasteiger partial charge in [-0.25, -0.2) is 4.79 Å². The second-order valence-corrected chi connectivity index (χ2v) is 3.83. The van der Waals surface area contributed by atoms with Crippen LogP contribution in [0, 0.1) is 0 Å². The standard InChI is InChI=1S/C7H8O.C4H7ClO2.C3H5ClO2/c8-6-7-4-2-1-3-5-7;1-2-7-4(6)3-5;1-2-6-3(4)5/h1-5,8H,6H2;2-3H2,1H3;2H2,1H3. The van der Waals surface area contributed by atoms with Crippen LogP contribution in [-0.4, -0.2) is 35.6 Å². The van der Waals surface area contributed by atoms with Gasteiger partial charge in [0, 0.05) is 11.6 Å². The molecule has 1 aromatic rings. The van der Waals surface area contributed by atoms with Crippen LogP contribution in [-0.2, 0) is 20.9 Å². The van der Waals surface area contributed by atoms with E-state index >= 15 is 0 Å². The van der Waals surface area contributed by atoms with Crippen LogP contribution in [0.15, 0.2) is 30.3 Å². The van der Waals surface area contributed by atoms with Gasteiger partial charge >= 0.3 is 11.4 Å². The molecular weight excluding hydrogens is 319 g/mol. The van der Waals surface area contributed by atoms with Crippen LogP contribution >= 0.6 is 23.2 Å². The van der Waals surface area contributed by atoms with Gasteiger partial charge in [-0.15, -0.1) is 11.6 Å². The first kappa shape index (κ1) is 22.0. The molecule has 0 spiro atoms. The molecule has 0 fully saturated rings. The molecule has 120 valence electrons. The third-order valence-corrected chi connectivity index (χ3v) is 2.02. The minimum Gasteiger partial charge on any atom is -0.465 e. The molecule has 0 aliphatic heterocycles. The lowest BCUT2D eigenvalue weighted by atomic mass is 10.2. The second-order valence-electron chi connectivity index (χ2n) is 3.25. The van der Waals surface area contributed by atoms with E-state index in [4.69, 9.17) is 28.3 Å². The van der Waals surface area contributed by atoms with Gasteiger partial charge in [-0.3, -0.25) is 4.79 Å². The van der Waals surface area contributed by atoms with E-state index in [0.29, 0.717) is 13.2 Å². The van der Waals surface area contributed by atoms with Gasteiger partial charge in [-0.05, 0) is 19.4 Å². The van der Waals surface area contributed by atoms with Crippen molar-refractivity contribution in [1.82, 2.24) is 0 Å². The number of hydrogen-bond acceptors (Lipinski definition) is 5. The van der Waals surface area contributed by atoms with E-state index in [1.165, 1.54) is 0 Å². The number of halogens is 2. The summed E-state index contributed by atoms with van der Waals surface area (Å²) in [4.78, 5) is 19.6. The van der Waals surface area contributed by atoms with Gasteiger partial charge in [0.15, 0.2) is 0 Å². The van der Waals surface area contributed by atoms with Crippen LogP contribution in [0.3, 0.4) is 0 Å². The molecule has 1 aromatic carbocycles. The van der Waals surface area contributed by atoms with Gasteiger partial charge in [-0.2, -0.15) is 0 Å². The molecule has 7 heteroatoms. The summed E-state index contributed by atoms with van der Waals surface area (Å²) in [6, 6.07) is 9.52. The fourth-order valence-electron chi connectivity index (χ4n) is 0.896. The van der Waals surface area contributed by atoms with Gasteiger partial charge in [0.1, 0.15) is 5.88 Å². The van der Waals surface area contributed by atoms with Crippen molar-refractivity contribution >= 4 is 34.6 Å². The van der Waals surface area contributed by atoms with Crippen LogP contribution in [0.5, 0.6) is 0 Å². The molecule has 5 nitrogen and oxygen atoms in total. The maximum absolute atomic E-state index is 10.1. The lowest BCUT2D eigenvalue weighted by Gasteiger charge is -1.92. The number of aliphatic hydroxyl groups excluding tert-OH is 1. The summed E-state index contributed by atoms with van der Waals surface area (Å²) in [5.41, 5.74) is 0.227. The highest BCUT2D eigenvalue weighted by atomic mass is 35.5. The van der Waals surface area contributed by atoms with Crippen molar-refractivity contribution in [3.05, 3.63) is 35.9 Å². The average molecular weight is 339 g/mol. The van der Waals surface area contributed by atoms with Crippen molar-refractivity contribution in [1.29, 1.82) is 0 Å². The van der Waals surface area contributed by atoms with Crippen LogP contribution < -0.4 is 0 Å². The Morgan fingerprint density at radius 2 is 1.62 bits per heavy atom. The van der Waals surface area contributed by atoms with Crippen molar-refractivity contribution in [2.75, 3.05) is 19.1 Å². The lowest BCUT2D eigenvalue weighted by Crippen LogP contribution is -2.03. The summed E-state index contributed by atoms with van der Waals surface area (Å²) >= 11 is 9.77. The normalized spacial score (nSPS) is 8.43. The third kappa shape index (κ3) is 18.7. The molecule has 0 bridgehead atoms. The Morgan fingerprint density at radius 1 is 1.10 bits per heavy atom. The average Bonchev–Trinajstić information content (AvgIpc) is 2.49. The van der Waals surface area contributed by atoms with Crippen molar-refractivity contribution in [2.45, 2.75) is 20.5 Å². The monoisotopic (exact) mass is 338 g/mol. The Hall–Kier alpha value is -1.30. The quantitative estimate of drug-likeness (QED) is 0.517. The van der Waals surface area contributed by atoms with Crippen LogP contribution in [0.4, 0.5) is 4.79 Å². The highest BCUT2D eigenvalue weighted by Gasteiger charge is 1.93. The second kappa shape index (κ2) is 16.8. The third-order valence-electron chi connectivity index (χ3n) is 1.70. The highest BCUT2D eigenvalue weighted by Crippen LogP contribution is 1.95. The van der Waals surface area contributed by atoms with Gasteiger partial charge < -0.3 is 14.6 Å². The summed E-state index contributed by atoms with van der Waals surface area (Å²) in [7, 11) is 0. The molecule has 0 radical (unpaired) electrons. The van der Waals surface area contributed by atoms with Crippen LogP contribution in [0.25, 0.3) is 0 Å². The zero-order chi connectivity index (χ0) is 16.5. The molecular formula is C14H20Cl2O5. The van der Waals surface area contributed by atoms with E-state index in [0.717, 1.165) is 5.56 Å². The summed E-state index contributed by atoms with van der Waals surface area (Å²) < 4.78 is 8.59. The molecule has 0 atom stereocenters. The van der Waals surface area contributed by atoms with E-state index in [-0.39, 0.29) is 18.5 Å². The number of rotatable bonds is 4. The summed E-state index contributed by atoms with van der Waals surface area (Å²) in [5.74, 6) is -0.405. The Bertz CT molecular complexity index is 371. The maximum atomic E-state index is 10.1. The molecule has 21 heavy (non-hydrogen) atoms. The van der Waals surface area contributed by atoms with E-state index in [2.05, 4.69) is 9.47 Å². The minimum atomic E-state index is -0.738. The highest BCUT2D eigenvalue weighted by molar-refractivity contribution is 6.61. The first-order chi connectivity index (χ1) is 10.0. The van der Waals surface area contributed by atoms with Gasteiger partial charge in [0.25, 0.3) is 0 Å². The Balaban J connectivity index is 0. The molecule has 1 rings (SSSR count). The fraction of sp³-hybridized carbons (Fsp3) is 0.429. The first-order valence-corrected chi connectivity index (χ1v) is 7.11. The Labute approximate surface area is 134 Å². The topological polar surface area (TPSA) is 72.8 Å². The number of carbonyl (C=O) groups is 2. The molecule has 0 amide bonds. The van der Waals surface area contributed by atoms with Crippen molar-refractivity contribution in [3.63, 3.8) is 0 Å². The van der Waals surface area contributed by atoms with Crippen LogP contribution in [0.2, 0.25) is 0 Å². The zero-order valence-electron chi connectivity index (χ0n) is 12.1. The zero-order valence-corrected chi connectivity index (χ0v) is 13.6. The van der Waals surface area contributed by atoms with Gasteiger partial charge in [0.2, 0.25) is 0 Å². The van der Waals surface area contributed by atoms with Crippen molar-refractivity contribution in [3.8, 4) is 0 Å². The SMILES string of the molecule is CCOC(=O)CCl.CCOC(=O)Cl.OCc1ccccc1. The summed E-state index contributed by atoms with van der Waals surface area (Å²) in [6.07, 6.45) is 0. The minimum absolute atomic E-state index is 0.0478. The molecule has 0 heterocycles. The number of hydrogen-bond donors (Lipinski definition) is 1. The maximum Gasteiger partial charge on any atom is 0.403 e. The largest absolute Gasteiger partial charge is 0.465 e. The number of carbonyl (C=O) groups excluding carboxylic acids is 2. The van der Waals surface area contributed by atoms with E-state index in [1.807, 2.05) is 30.3 Å². The fourth-order valence-corrected chi connectivity index (χ4v) is 1.08. The van der Waals surface area contributed by atoms with Crippen molar-refractivity contribution < 1.29 is 24.2 Å². The van der Waals surface area contributed by atoms with Crippen LogP contribution in [0.1, 0.15) is 19.4 Å². The predicted molar refractivity (Wildman–Crippen MR) is 82.6 cm³/mol. The molecule has 0 saturated heterocycles. The molecule has 0 aromatic heterocycles. The lowest BCUT2D eigenvalue weighted by molar-refractivity contribution is -0.140. The molecule has 0 saturated carbocycles. The number of esters is 1. The summed E-state index contributed by atoms with van der Waals surface area (Å²) in [6.45, 7) is 4.33. The van der Waals surface area contributed by atoms with Gasteiger partial charge in [0.05, 0.1) is 19.8 Å². The first-order valence-electron chi connectivity index (χ1n) is 6.20. The van der Waals surface area contributed by atoms with E-state index < -0.39 is 5.43 Å². The smallest absolute Gasteiger partial charge is 0.403 e. The summed E-state index contributed by atoms with van der Waals surface area (Å²) in [5, 5.41) is 8.54. The van der Waals surface area contributed by atoms with Gasteiger partial charge in [-0.1, -0.05) is 30.3 Å². The predicted octanol–water partition coefficient (Wildman–Crippen LogP) is 3.35. The number of alkyl halides is 1. The molecule has 0 aliphatic carbocycles. The van der Waals surface area contributed by atoms with E-state index in [9.17, 15) is 9.59 Å². The number of ether oxygens (including phenoxy) is 2.